The number of amides is 2. The van der Waals surface area contributed by atoms with Crippen LogP contribution in [0.1, 0.15) is 21.5 Å². The van der Waals surface area contributed by atoms with E-state index in [1.54, 1.807) is 12.0 Å². The monoisotopic (exact) mass is 455 g/mol. The molecule has 1 saturated heterocycles. The highest BCUT2D eigenvalue weighted by molar-refractivity contribution is 6.01. The number of carbonyl (C=O) groups is 2. The quantitative estimate of drug-likeness (QED) is 0.570. The lowest BCUT2D eigenvalue weighted by Crippen LogP contribution is -2.55. The van der Waals surface area contributed by atoms with Crippen LogP contribution in [0.25, 0.3) is 0 Å². The van der Waals surface area contributed by atoms with Gasteiger partial charge in [-0.05, 0) is 29.3 Å². The molecule has 0 aromatic heterocycles. The summed E-state index contributed by atoms with van der Waals surface area (Å²) in [6, 6.07) is 25.1. The highest BCUT2D eigenvalue weighted by Gasteiger charge is 2.38. The van der Waals surface area contributed by atoms with Gasteiger partial charge in [0.2, 0.25) is 5.91 Å². The van der Waals surface area contributed by atoms with Crippen LogP contribution in [-0.4, -0.2) is 60.9 Å². The van der Waals surface area contributed by atoms with Gasteiger partial charge in [0.1, 0.15) is 11.8 Å². The molecule has 2 amide bonds. The number of nitrogens with zero attached hydrogens (tertiary/aromatic N) is 3. The molecule has 3 aromatic carbocycles. The average Bonchev–Trinajstić information content (AvgIpc) is 3.24. The number of methoxy groups -OCH3 is 1. The lowest BCUT2D eigenvalue weighted by atomic mass is 10.0. The zero-order valence-electron chi connectivity index (χ0n) is 19.4. The predicted octanol–water partition coefficient (Wildman–Crippen LogP) is 3.61. The van der Waals surface area contributed by atoms with Gasteiger partial charge in [0.25, 0.3) is 5.91 Å². The number of rotatable bonds is 6. The number of carbonyl (C=O) groups excluding carboxylic acids is 2. The summed E-state index contributed by atoms with van der Waals surface area (Å²) in [5.41, 5.74) is 3.84. The van der Waals surface area contributed by atoms with Crippen LogP contribution >= 0.6 is 0 Å². The smallest absolute Gasteiger partial charge is 0.255 e. The van der Waals surface area contributed by atoms with Crippen molar-refractivity contribution in [2.45, 2.75) is 19.0 Å². The van der Waals surface area contributed by atoms with Gasteiger partial charge in [0, 0.05) is 56.5 Å². The van der Waals surface area contributed by atoms with Gasteiger partial charge in [-0.25, -0.2) is 0 Å². The molecule has 1 fully saturated rings. The van der Waals surface area contributed by atoms with Gasteiger partial charge >= 0.3 is 0 Å². The van der Waals surface area contributed by atoms with E-state index >= 15 is 0 Å². The lowest BCUT2D eigenvalue weighted by molar-refractivity contribution is -0.136. The van der Waals surface area contributed by atoms with Crippen molar-refractivity contribution in [3.63, 3.8) is 0 Å². The van der Waals surface area contributed by atoms with Crippen molar-refractivity contribution in [3.8, 4) is 5.75 Å². The number of anilines is 1. The van der Waals surface area contributed by atoms with Gasteiger partial charge in [0.05, 0.1) is 7.11 Å². The molecule has 34 heavy (non-hydrogen) atoms. The molecule has 1 unspecified atom stereocenters. The van der Waals surface area contributed by atoms with Crippen molar-refractivity contribution < 1.29 is 14.3 Å². The Kier molecular flexibility index (Phi) is 6.21. The second-order valence-electron chi connectivity index (χ2n) is 8.81. The van der Waals surface area contributed by atoms with Crippen molar-refractivity contribution in [1.82, 2.24) is 9.80 Å². The first-order chi connectivity index (χ1) is 16.6. The highest BCUT2D eigenvalue weighted by Crippen LogP contribution is 2.28. The minimum Gasteiger partial charge on any atom is -0.497 e. The molecule has 0 N–H and O–H groups in total. The van der Waals surface area contributed by atoms with E-state index in [1.807, 2.05) is 77.7 Å². The van der Waals surface area contributed by atoms with E-state index in [2.05, 4.69) is 11.0 Å². The molecular formula is C28H29N3O3. The third-order valence-corrected chi connectivity index (χ3v) is 6.79. The summed E-state index contributed by atoms with van der Waals surface area (Å²) >= 11 is 0. The second-order valence-corrected chi connectivity index (χ2v) is 8.81. The molecular weight excluding hydrogens is 426 g/mol. The van der Waals surface area contributed by atoms with Crippen LogP contribution in [0.2, 0.25) is 0 Å². The van der Waals surface area contributed by atoms with Crippen LogP contribution in [0, 0.1) is 0 Å². The minimum absolute atomic E-state index is 0.0234. The van der Waals surface area contributed by atoms with E-state index in [1.165, 1.54) is 0 Å². The number of hydrogen-bond donors (Lipinski definition) is 0. The van der Waals surface area contributed by atoms with Gasteiger partial charge in [-0.2, -0.15) is 0 Å². The van der Waals surface area contributed by atoms with Crippen LogP contribution in [0.3, 0.4) is 0 Å². The fraction of sp³-hybridized carbons (Fsp3) is 0.286. The van der Waals surface area contributed by atoms with E-state index in [4.69, 9.17) is 4.74 Å². The third-order valence-electron chi connectivity index (χ3n) is 6.79. The summed E-state index contributed by atoms with van der Waals surface area (Å²) in [5, 5.41) is 0. The largest absolute Gasteiger partial charge is 0.497 e. The van der Waals surface area contributed by atoms with Crippen molar-refractivity contribution in [2.24, 2.45) is 0 Å². The normalized spacial score (nSPS) is 16.4. The summed E-state index contributed by atoms with van der Waals surface area (Å²) in [4.78, 5) is 33.0. The van der Waals surface area contributed by atoms with E-state index in [-0.39, 0.29) is 11.8 Å². The maximum Gasteiger partial charge on any atom is 0.255 e. The van der Waals surface area contributed by atoms with Gasteiger partial charge in [-0.3, -0.25) is 9.59 Å². The number of piperazine rings is 1. The number of fused-ring (bicyclic) bond motifs is 1. The molecule has 0 radical (unpaired) electrons. The Labute approximate surface area is 200 Å². The van der Waals surface area contributed by atoms with E-state index in [9.17, 15) is 9.59 Å². The fourth-order valence-electron chi connectivity index (χ4n) is 4.90. The molecule has 0 aliphatic carbocycles. The first-order valence-electron chi connectivity index (χ1n) is 11.7. The zero-order chi connectivity index (χ0) is 23.5. The maximum atomic E-state index is 13.8. The van der Waals surface area contributed by atoms with Gasteiger partial charge in [0.15, 0.2) is 0 Å². The molecule has 0 spiro atoms. The Balaban J connectivity index is 1.33. The van der Waals surface area contributed by atoms with Crippen LogP contribution in [0.4, 0.5) is 5.69 Å². The van der Waals surface area contributed by atoms with Crippen LogP contribution in [0.15, 0.2) is 78.9 Å². The molecule has 3 aromatic rings. The van der Waals surface area contributed by atoms with Crippen LogP contribution < -0.4 is 9.64 Å². The Hall–Kier alpha value is -3.80. The Morgan fingerprint density at radius 1 is 0.912 bits per heavy atom. The molecule has 0 bridgehead atoms. The minimum atomic E-state index is -0.523. The van der Waals surface area contributed by atoms with Crippen molar-refractivity contribution in [3.05, 3.63) is 95.6 Å². The second kappa shape index (κ2) is 9.59. The first-order valence-corrected chi connectivity index (χ1v) is 11.7. The molecule has 174 valence electrons. The summed E-state index contributed by atoms with van der Waals surface area (Å²) in [5.74, 6) is 0.793. The van der Waals surface area contributed by atoms with Crippen molar-refractivity contribution in [2.75, 3.05) is 38.2 Å². The SMILES string of the molecule is COc1cccc(N2CCN(C(=O)C(Cc3ccccc3)N3Cc4ccccc4C3=O)CC2)c1. The third kappa shape index (κ3) is 4.36. The summed E-state index contributed by atoms with van der Waals surface area (Å²) in [6.07, 6.45) is 0.509. The molecule has 5 rings (SSSR count). The van der Waals surface area contributed by atoms with Crippen LogP contribution in [0.5, 0.6) is 5.75 Å². The van der Waals surface area contributed by atoms with E-state index in [0.29, 0.717) is 31.6 Å². The van der Waals surface area contributed by atoms with Crippen molar-refractivity contribution >= 4 is 17.5 Å². The predicted molar refractivity (Wildman–Crippen MR) is 132 cm³/mol. The van der Waals surface area contributed by atoms with E-state index in [0.717, 1.165) is 35.7 Å². The molecule has 2 aliphatic rings. The Bertz CT molecular complexity index is 1170. The topological polar surface area (TPSA) is 53.1 Å². The summed E-state index contributed by atoms with van der Waals surface area (Å²) < 4.78 is 5.36. The molecule has 2 heterocycles. The number of hydrogen-bond acceptors (Lipinski definition) is 4. The van der Waals surface area contributed by atoms with Crippen LogP contribution in [-0.2, 0) is 17.8 Å². The average molecular weight is 456 g/mol. The molecule has 6 nitrogen and oxygen atoms in total. The summed E-state index contributed by atoms with van der Waals surface area (Å²) in [7, 11) is 1.67. The molecule has 2 aliphatic heterocycles. The maximum absolute atomic E-state index is 13.8. The lowest BCUT2D eigenvalue weighted by Gasteiger charge is -2.39. The summed E-state index contributed by atoms with van der Waals surface area (Å²) in [6.45, 7) is 3.20. The zero-order valence-corrected chi connectivity index (χ0v) is 19.4. The molecule has 6 heteroatoms. The highest BCUT2D eigenvalue weighted by atomic mass is 16.5. The molecule has 0 saturated carbocycles. The first kappa shape index (κ1) is 22.0. The van der Waals surface area contributed by atoms with Gasteiger partial charge in [-0.1, -0.05) is 54.6 Å². The standard InChI is InChI=1S/C28H29N3O3/c1-34-24-12-7-11-23(19-24)29-14-16-30(17-15-29)28(33)26(18-21-8-3-2-4-9-21)31-20-22-10-5-6-13-25(22)27(31)32/h2-13,19,26H,14-18,20H2,1H3. The molecule has 1 atom stereocenters. The van der Waals surface area contributed by atoms with E-state index < -0.39 is 6.04 Å². The number of benzene rings is 3. The Morgan fingerprint density at radius 2 is 1.65 bits per heavy atom. The number of ether oxygens (including phenoxy) is 1. The van der Waals surface area contributed by atoms with Gasteiger partial charge in [-0.15, -0.1) is 0 Å². The van der Waals surface area contributed by atoms with Crippen molar-refractivity contribution in [1.29, 1.82) is 0 Å². The van der Waals surface area contributed by atoms with Gasteiger partial charge < -0.3 is 19.4 Å². The Morgan fingerprint density at radius 3 is 2.38 bits per heavy atom. The fourth-order valence-corrected chi connectivity index (χ4v) is 4.90.